The molecule has 0 aliphatic heterocycles. The molecule has 56 valence electrons. The Morgan fingerprint density at radius 1 is 1.33 bits per heavy atom. The molecule has 0 aromatic rings. The van der Waals surface area contributed by atoms with Crippen LogP contribution in [0.25, 0.3) is 0 Å². The van der Waals surface area contributed by atoms with Gasteiger partial charge in [0.05, 0.1) is 21.1 Å². The predicted octanol–water partition coefficient (Wildman–Crippen LogP) is -0.462. The van der Waals surface area contributed by atoms with Gasteiger partial charge in [0.25, 0.3) is 0 Å². The normalized spacial score (nSPS) is 13.8. The lowest BCUT2D eigenvalue weighted by atomic mass is 10.8. The smallest absolute Gasteiger partial charge is 0.316 e. The van der Waals surface area contributed by atoms with E-state index in [1.54, 1.807) is 21.1 Å². The molecule has 0 saturated heterocycles. The molecule has 9 heavy (non-hydrogen) atoms. The van der Waals surface area contributed by atoms with Crippen molar-refractivity contribution >= 4 is 10.1 Å². The number of nitrogens with zero attached hydrogens (tertiary/aromatic N) is 1. The fourth-order valence-corrected chi connectivity index (χ4v) is 1.47. The highest BCUT2D eigenvalue weighted by Crippen LogP contribution is 1.93. The van der Waals surface area contributed by atoms with Gasteiger partial charge < -0.3 is 4.48 Å². The van der Waals surface area contributed by atoms with E-state index in [1.165, 1.54) is 0 Å². The predicted molar refractivity (Wildman–Crippen MR) is 34.4 cm³/mol. The van der Waals surface area contributed by atoms with Crippen molar-refractivity contribution in [3.05, 3.63) is 0 Å². The molecule has 5 heteroatoms. The van der Waals surface area contributed by atoms with Gasteiger partial charge in [0.1, 0.15) is 0 Å². The average Bonchev–Trinajstić information content (AvgIpc) is 1.14. The van der Waals surface area contributed by atoms with Gasteiger partial charge in [0, 0.05) is 0 Å². The summed E-state index contributed by atoms with van der Waals surface area (Å²) in [6.07, 6.45) is 0. The van der Waals surface area contributed by atoms with Crippen LogP contribution in [0.4, 0.5) is 0 Å². The van der Waals surface area contributed by atoms with Crippen LogP contribution in [-0.2, 0) is 10.1 Å². The molecular weight excluding hydrogens is 142 g/mol. The molecule has 0 spiro atoms. The SMILES string of the molecule is C[N+](C)(C)CS(=O)(=O)O. The molecule has 0 heterocycles. The molecule has 4 nitrogen and oxygen atoms in total. The van der Waals surface area contributed by atoms with E-state index in [9.17, 15) is 8.42 Å². The van der Waals surface area contributed by atoms with Gasteiger partial charge in [-0.25, -0.2) is 0 Å². The van der Waals surface area contributed by atoms with E-state index in [0.29, 0.717) is 0 Å². The maximum absolute atomic E-state index is 10.2. The first-order valence-electron chi connectivity index (χ1n) is 2.46. The van der Waals surface area contributed by atoms with Crippen molar-refractivity contribution in [3.63, 3.8) is 0 Å². The van der Waals surface area contributed by atoms with Gasteiger partial charge in [-0.2, -0.15) is 8.42 Å². The molecule has 0 aliphatic rings. The van der Waals surface area contributed by atoms with Crippen LogP contribution in [0, 0.1) is 0 Å². The molecule has 0 bridgehead atoms. The van der Waals surface area contributed by atoms with E-state index in [4.69, 9.17) is 4.55 Å². The van der Waals surface area contributed by atoms with E-state index in [2.05, 4.69) is 0 Å². The molecule has 0 amide bonds. The van der Waals surface area contributed by atoms with Gasteiger partial charge in [-0.15, -0.1) is 0 Å². The lowest BCUT2D eigenvalue weighted by Crippen LogP contribution is -2.39. The Labute approximate surface area is 55.4 Å². The summed E-state index contributed by atoms with van der Waals surface area (Å²) in [6.45, 7) is 0. The highest BCUT2D eigenvalue weighted by molar-refractivity contribution is 7.85. The third-order valence-corrected chi connectivity index (χ3v) is 1.65. The van der Waals surface area contributed by atoms with Crippen molar-refractivity contribution < 1.29 is 17.5 Å². The van der Waals surface area contributed by atoms with Crippen LogP contribution in [0.2, 0.25) is 0 Å². The Morgan fingerprint density at radius 2 is 1.67 bits per heavy atom. The summed E-state index contributed by atoms with van der Waals surface area (Å²) in [5.74, 6) is -0.243. The number of rotatable bonds is 2. The Balaban J connectivity index is 4.07. The summed E-state index contributed by atoms with van der Waals surface area (Å²) in [7, 11) is 1.26. The zero-order valence-electron chi connectivity index (χ0n) is 5.83. The number of hydrogen-bond donors (Lipinski definition) is 1. The lowest BCUT2D eigenvalue weighted by Gasteiger charge is -2.21. The van der Waals surface area contributed by atoms with Gasteiger partial charge >= 0.3 is 10.1 Å². The number of hydrogen-bond acceptors (Lipinski definition) is 2. The molecule has 0 radical (unpaired) electrons. The van der Waals surface area contributed by atoms with Crippen LogP contribution in [0.1, 0.15) is 0 Å². The quantitative estimate of drug-likeness (QED) is 0.432. The summed E-state index contributed by atoms with van der Waals surface area (Å²) in [5.41, 5.74) is 0. The second-order valence-corrected chi connectivity index (χ2v) is 4.42. The first-order chi connectivity index (χ1) is 3.71. The largest absolute Gasteiger partial charge is 0.316 e. The van der Waals surface area contributed by atoms with Gasteiger partial charge in [0.2, 0.25) is 5.88 Å². The molecule has 0 aliphatic carbocycles. The van der Waals surface area contributed by atoms with Crippen molar-refractivity contribution in [1.82, 2.24) is 0 Å². The van der Waals surface area contributed by atoms with Crippen LogP contribution >= 0.6 is 0 Å². The second kappa shape index (κ2) is 2.24. The van der Waals surface area contributed by atoms with Crippen LogP contribution < -0.4 is 0 Å². The first-order valence-corrected chi connectivity index (χ1v) is 4.07. The Bertz CT molecular complexity index is 176. The maximum Gasteiger partial charge on any atom is 0.316 e. The topological polar surface area (TPSA) is 54.4 Å². The maximum atomic E-state index is 10.2. The molecule has 0 aromatic heterocycles. The summed E-state index contributed by atoms with van der Waals surface area (Å²) >= 11 is 0. The average molecular weight is 154 g/mol. The molecule has 0 saturated carbocycles. The zero-order valence-corrected chi connectivity index (χ0v) is 6.64. The molecular formula is C4H12NO3S+. The van der Waals surface area contributed by atoms with Crippen LogP contribution in [0.3, 0.4) is 0 Å². The number of quaternary nitrogens is 1. The van der Waals surface area contributed by atoms with Crippen LogP contribution in [0.15, 0.2) is 0 Å². The van der Waals surface area contributed by atoms with Gasteiger partial charge in [-0.3, -0.25) is 4.55 Å². The fraction of sp³-hybridized carbons (Fsp3) is 1.00. The monoisotopic (exact) mass is 154 g/mol. The van der Waals surface area contributed by atoms with Gasteiger partial charge in [-0.1, -0.05) is 0 Å². The molecule has 1 N–H and O–H groups in total. The van der Waals surface area contributed by atoms with Crippen molar-refractivity contribution in [2.24, 2.45) is 0 Å². The Morgan fingerprint density at radius 3 is 1.67 bits per heavy atom. The molecule has 0 fully saturated rings. The van der Waals surface area contributed by atoms with Crippen molar-refractivity contribution in [3.8, 4) is 0 Å². The van der Waals surface area contributed by atoms with E-state index in [-0.39, 0.29) is 10.4 Å². The molecule has 0 atom stereocenters. The Kier molecular flexibility index (Phi) is 2.21. The van der Waals surface area contributed by atoms with Crippen LogP contribution in [0.5, 0.6) is 0 Å². The van der Waals surface area contributed by atoms with E-state index >= 15 is 0 Å². The molecule has 0 aromatic carbocycles. The van der Waals surface area contributed by atoms with E-state index < -0.39 is 10.1 Å². The van der Waals surface area contributed by atoms with Gasteiger partial charge in [-0.05, 0) is 0 Å². The summed E-state index contributed by atoms with van der Waals surface area (Å²) in [6, 6.07) is 0. The van der Waals surface area contributed by atoms with Crippen LogP contribution in [-0.4, -0.2) is 44.5 Å². The minimum absolute atomic E-state index is 0.221. The fourth-order valence-electron chi connectivity index (χ4n) is 0.489. The third kappa shape index (κ3) is 7.87. The summed E-state index contributed by atoms with van der Waals surface area (Å²) < 4.78 is 28.9. The third-order valence-electron chi connectivity index (χ3n) is 0.550. The van der Waals surface area contributed by atoms with Gasteiger partial charge in [0.15, 0.2) is 0 Å². The summed E-state index contributed by atoms with van der Waals surface area (Å²) in [4.78, 5) is 0. The highest BCUT2D eigenvalue weighted by Gasteiger charge is 2.16. The second-order valence-electron chi connectivity index (χ2n) is 3.00. The zero-order chi connectivity index (χ0) is 7.71. The van der Waals surface area contributed by atoms with Crippen molar-refractivity contribution in [2.75, 3.05) is 27.0 Å². The molecule has 0 unspecified atom stereocenters. The van der Waals surface area contributed by atoms with Crippen molar-refractivity contribution in [2.45, 2.75) is 0 Å². The van der Waals surface area contributed by atoms with E-state index in [1.807, 2.05) is 0 Å². The minimum atomic E-state index is -3.81. The minimum Gasteiger partial charge on any atom is -0.316 e. The van der Waals surface area contributed by atoms with E-state index in [0.717, 1.165) is 0 Å². The Hall–Kier alpha value is -0.130. The van der Waals surface area contributed by atoms with Crippen molar-refractivity contribution in [1.29, 1.82) is 0 Å². The molecule has 0 rings (SSSR count). The first kappa shape index (κ1) is 8.87. The highest BCUT2D eigenvalue weighted by atomic mass is 32.2. The summed E-state index contributed by atoms with van der Waals surface area (Å²) in [5, 5.41) is 0. The standard InChI is InChI=1S/C4H11NO3S/c1-5(2,3)4-9(6,7)8/h4H2,1-3H3/p+1. The lowest BCUT2D eigenvalue weighted by molar-refractivity contribution is -0.858.